The second-order valence-electron chi connectivity index (χ2n) is 9.96. The smallest absolute Gasteiger partial charge is 0.158 e. The van der Waals surface area contributed by atoms with Gasteiger partial charge in [0.25, 0.3) is 0 Å². The Morgan fingerprint density at radius 3 is 2.26 bits per heavy atom. The van der Waals surface area contributed by atoms with Gasteiger partial charge in [0.1, 0.15) is 6.17 Å². The van der Waals surface area contributed by atoms with Crippen LogP contribution < -0.4 is 10.2 Å². The predicted octanol–water partition coefficient (Wildman–Crippen LogP) is 10.3. The van der Waals surface area contributed by atoms with Gasteiger partial charge in [-0.25, -0.2) is 4.98 Å². The van der Waals surface area contributed by atoms with Crippen LogP contribution in [0.2, 0.25) is 0 Å². The molecule has 7 rings (SSSR count). The van der Waals surface area contributed by atoms with Crippen LogP contribution in [0.1, 0.15) is 24.6 Å². The molecule has 0 saturated heterocycles. The predicted molar refractivity (Wildman–Crippen MR) is 170 cm³/mol. The number of aromatic nitrogens is 1. The molecule has 1 N–H and O–H groups in total. The molecule has 0 bridgehead atoms. The van der Waals surface area contributed by atoms with E-state index in [0.29, 0.717) is 0 Å². The number of allylic oxidation sites excluding steroid dienone is 3. The molecule has 0 radical (unpaired) electrons. The van der Waals surface area contributed by atoms with Gasteiger partial charge in [-0.05, 0) is 82.3 Å². The summed E-state index contributed by atoms with van der Waals surface area (Å²) >= 11 is 7.23. The molecule has 2 heterocycles. The van der Waals surface area contributed by atoms with Crippen LogP contribution in [0, 0.1) is 0 Å². The van der Waals surface area contributed by atoms with E-state index in [1.807, 2.05) is 6.20 Å². The molecule has 4 aromatic carbocycles. The number of halogens is 2. The minimum absolute atomic E-state index is 0.0448. The molecule has 5 heteroatoms. The van der Waals surface area contributed by atoms with E-state index in [9.17, 15) is 0 Å². The van der Waals surface area contributed by atoms with E-state index >= 15 is 0 Å². The third kappa shape index (κ3) is 4.70. The SMILES string of the molecule is Brc1cc(Br)cc(-c2ccc(C3Nc4cc(-c5ccc6ccccc6c5)cnc4N3C3=CCCC=C3)cc2)c1. The molecule has 1 aliphatic carbocycles. The molecular weight excluding hydrogens is 610 g/mol. The number of pyridine rings is 1. The Morgan fingerprint density at radius 2 is 1.49 bits per heavy atom. The van der Waals surface area contributed by atoms with Crippen molar-refractivity contribution in [2.45, 2.75) is 19.0 Å². The van der Waals surface area contributed by atoms with Crippen LogP contribution in [0.15, 0.2) is 130 Å². The van der Waals surface area contributed by atoms with Gasteiger partial charge in [0, 0.05) is 26.4 Å². The molecule has 1 aromatic heterocycles. The molecular formula is C34H25Br2N3. The molecule has 1 unspecified atom stereocenters. The van der Waals surface area contributed by atoms with Gasteiger partial charge in [-0.3, -0.25) is 4.90 Å². The van der Waals surface area contributed by atoms with E-state index in [0.717, 1.165) is 38.9 Å². The van der Waals surface area contributed by atoms with Gasteiger partial charge >= 0.3 is 0 Å². The van der Waals surface area contributed by atoms with Crippen molar-refractivity contribution in [3.63, 3.8) is 0 Å². The van der Waals surface area contributed by atoms with Gasteiger partial charge in [-0.2, -0.15) is 0 Å². The summed E-state index contributed by atoms with van der Waals surface area (Å²) in [6.07, 6.45) is 10.9. The Kier molecular flexibility index (Phi) is 6.34. The summed E-state index contributed by atoms with van der Waals surface area (Å²) in [4.78, 5) is 7.34. The van der Waals surface area contributed by atoms with Gasteiger partial charge in [0.05, 0.1) is 5.69 Å². The first-order valence-corrected chi connectivity index (χ1v) is 14.7. The zero-order valence-corrected chi connectivity index (χ0v) is 24.3. The lowest BCUT2D eigenvalue weighted by Crippen LogP contribution is -2.27. The van der Waals surface area contributed by atoms with E-state index in [4.69, 9.17) is 4.98 Å². The lowest BCUT2D eigenvalue weighted by molar-refractivity contribution is 0.783. The van der Waals surface area contributed by atoms with Crippen LogP contribution >= 0.6 is 31.9 Å². The standard InChI is InChI=1S/C34H25Br2N3/c35-29-17-27(18-30(36)20-29)23-10-13-24(14-11-23)33-38-32-19-28(26-15-12-22-6-4-5-7-25(22)16-26)21-37-34(32)39(33)31-8-2-1-3-9-31/h2,4-21,33,38H,1,3H2. The first kappa shape index (κ1) is 24.4. The molecule has 5 aromatic rings. The minimum atomic E-state index is -0.0448. The van der Waals surface area contributed by atoms with Crippen molar-refractivity contribution in [3.05, 3.63) is 136 Å². The van der Waals surface area contributed by atoms with Gasteiger partial charge < -0.3 is 5.32 Å². The van der Waals surface area contributed by atoms with Gasteiger partial charge in [0.2, 0.25) is 0 Å². The van der Waals surface area contributed by atoms with Crippen LogP contribution in [0.3, 0.4) is 0 Å². The van der Waals surface area contributed by atoms with Gasteiger partial charge in [-0.15, -0.1) is 0 Å². The summed E-state index contributed by atoms with van der Waals surface area (Å²) in [5.74, 6) is 0.960. The van der Waals surface area contributed by atoms with Crippen molar-refractivity contribution in [1.82, 2.24) is 4.98 Å². The lowest BCUT2D eigenvalue weighted by Gasteiger charge is -2.28. The largest absolute Gasteiger partial charge is 0.358 e. The molecule has 3 nitrogen and oxygen atoms in total. The molecule has 0 fully saturated rings. The Bertz CT molecular complexity index is 1750. The van der Waals surface area contributed by atoms with Crippen molar-refractivity contribution < 1.29 is 0 Å². The number of hydrogen-bond acceptors (Lipinski definition) is 3. The Hall–Kier alpha value is -3.67. The zero-order chi connectivity index (χ0) is 26.3. The first-order chi connectivity index (χ1) is 19.1. The van der Waals surface area contributed by atoms with Crippen LogP contribution in [0.25, 0.3) is 33.0 Å². The van der Waals surface area contributed by atoms with Crippen molar-refractivity contribution in [1.29, 1.82) is 0 Å². The summed E-state index contributed by atoms with van der Waals surface area (Å²) in [6.45, 7) is 0. The van der Waals surface area contributed by atoms with Crippen LogP contribution in [-0.2, 0) is 0 Å². The average molecular weight is 635 g/mol. The molecule has 2 aliphatic rings. The fourth-order valence-corrected chi connectivity index (χ4v) is 6.77. The van der Waals surface area contributed by atoms with Gasteiger partial charge in [0.15, 0.2) is 5.82 Å². The summed E-state index contributed by atoms with van der Waals surface area (Å²) < 4.78 is 2.11. The molecule has 0 spiro atoms. The maximum atomic E-state index is 5.01. The summed E-state index contributed by atoms with van der Waals surface area (Å²) in [6, 6.07) is 32.5. The molecule has 1 atom stereocenters. The second kappa shape index (κ2) is 10.1. The first-order valence-electron chi connectivity index (χ1n) is 13.1. The summed E-state index contributed by atoms with van der Waals surface area (Å²) in [5, 5.41) is 6.28. The highest BCUT2D eigenvalue weighted by Crippen LogP contribution is 2.45. The maximum Gasteiger partial charge on any atom is 0.158 e. The Balaban J connectivity index is 1.26. The van der Waals surface area contributed by atoms with Crippen molar-refractivity contribution in [3.8, 4) is 22.3 Å². The fraction of sp³-hybridized carbons (Fsp3) is 0.0882. The molecule has 1 aliphatic heterocycles. The zero-order valence-electron chi connectivity index (χ0n) is 21.1. The monoisotopic (exact) mass is 633 g/mol. The van der Waals surface area contributed by atoms with E-state index in [1.165, 1.54) is 38.7 Å². The highest BCUT2D eigenvalue weighted by atomic mass is 79.9. The number of rotatable bonds is 4. The summed E-state index contributed by atoms with van der Waals surface area (Å²) in [5.41, 5.74) is 8.05. The van der Waals surface area contributed by atoms with E-state index in [1.54, 1.807) is 0 Å². The van der Waals surface area contributed by atoms with E-state index in [-0.39, 0.29) is 6.17 Å². The normalized spacial score (nSPS) is 16.2. The van der Waals surface area contributed by atoms with Crippen LogP contribution in [0.5, 0.6) is 0 Å². The third-order valence-electron chi connectivity index (χ3n) is 7.40. The lowest BCUT2D eigenvalue weighted by atomic mass is 10.0. The topological polar surface area (TPSA) is 28.2 Å². The number of benzene rings is 4. The third-order valence-corrected chi connectivity index (χ3v) is 8.32. The maximum absolute atomic E-state index is 5.01. The van der Waals surface area contributed by atoms with Crippen LogP contribution in [-0.4, -0.2) is 4.98 Å². The fourth-order valence-electron chi connectivity index (χ4n) is 5.48. The van der Waals surface area contributed by atoms with Gasteiger partial charge in [-0.1, -0.05) is 105 Å². The van der Waals surface area contributed by atoms with E-state index < -0.39 is 0 Å². The number of nitrogens with one attached hydrogen (secondary N) is 1. The molecule has 0 saturated carbocycles. The highest BCUT2D eigenvalue weighted by molar-refractivity contribution is 9.11. The second-order valence-corrected chi connectivity index (χ2v) is 11.8. The number of hydrogen-bond donors (Lipinski definition) is 1. The highest BCUT2D eigenvalue weighted by Gasteiger charge is 2.33. The number of fused-ring (bicyclic) bond motifs is 2. The quantitative estimate of drug-likeness (QED) is 0.213. The van der Waals surface area contributed by atoms with Crippen molar-refractivity contribution in [2.75, 3.05) is 10.2 Å². The van der Waals surface area contributed by atoms with E-state index in [2.05, 4.69) is 151 Å². The van der Waals surface area contributed by atoms with Crippen LogP contribution in [0.4, 0.5) is 11.5 Å². The summed E-state index contributed by atoms with van der Waals surface area (Å²) in [7, 11) is 0. The minimum Gasteiger partial charge on any atom is -0.358 e. The van der Waals surface area contributed by atoms with Crippen molar-refractivity contribution >= 4 is 54.1 Å². The Labute approximate surface area is 245 Å². The molecule has 39 heavy (non-hydrogen) atoms. The Morgan fingerprint density at radius 1 is 0.718 bits per heavy atom. The number of anilines is 2. The number of nitrogens with zero attached hydrogens (tertiary/aromatic N) is 2. The molecule has 0 amide bonds. The molecule has 190 valence electrons. The van der Waals surface area contributed by atoms with Crippen molar-refractivity contribution in [2.24, 2.45) is 0 Å². The average Bonchev–Trinajstić information content (AvgIpc) is 3.36.